The third kappa shape index (κ3) is 12.6. The van der Waals surface area contributed by atoms with Crippen LogP contribution in [0.25, 0.3) is 0 Å². The molecular formula is C9H17NO5. The predicted molar refractivity (Wildman–Crippen MR) is 53.9 cm³/mol. The van der Waals surface area contributed by atoms with E-state index in [1.165, 1.54) is 13.0 Å². The van der Waals surface area contributed by atoms with Gasteiger partial charge >= 0.3 is 5.97 Å². The number of amides is 1. The summed E-state index contributed by atoms with van der Waals surface area (Å²) in [6.07, 6.45) is -0.426. The molecule has 1 amide bonds. The van der Waals surface area contributed by atoms with Crippen molar-refractivity contribution >= 4 is 11.9 Å². The van der Waals surface area contributed by atoms with Gasteiger partial charge in [-0.3, -0.25) is 4.79 Å². The van der Waals surface area contributed by atoms with Crippen LogP contribution in [0.4, 0.5) is 0 Å². The van der Waals surface area contributed by atoms with Crippen molar-refractivity contribution in [1.82, 2.24) is 0 Å². The highest BCUT2D eigenvalue weighted by atomic mass is 16.4. The van der Waals surface area contributed by atoms with Crippen molar-refractivity contribution in [1.29, 1.82) is 0 Å². The largest absolute Gasteiger partial charge is 0.479 e. The molecule has 0 rings (SSSR count). The van der Waals surface area contributed by atoms with Crippen LogP contribution < -0.4 is 5.73 Å². The molecule has 0 aromatic rings. The van der Waals surface area contributed by atoms with Crippen LogP contribution in [0.3, 0.4) is 0 Å². The number of hydrogen-bond acceptors (Lipinski definition) is 4. The van der Waals surface area contributed by atoms with Crippen molar-refractivity contribution < 1.29 is 24.9 Å². The SMILES string of the molecule is CC(=CC(C)O)C(N)=O.CC(O)C(=O)O. The number of aliphatic hydroxyl groups is 2. The number of carbonyl (C=O) groups is 2. The molecular weight excluding hydrogens is 202 g/mol. The molecule has 2 unspecified atom stereocenters. The summed E-state index contributed by atoms with van der Waals surface area (Å²) in [7, 11) is 0. The lowest BCUT2D eigenvalue weighted by Gasteiger charge is -1.95. The van der Waals surface area contributed by atoms with Crippen LogP contribution in [-0.4, -0.2) is 39.4 Å². The lowest BCUT2D eigenvalue weighted by atomic mass is 10.2. The predicted octanol–water partition coefficient (Wildman–Crippen LogP) is -0.749. The summed E-state index contributed by atoms with van der Waals surface area (Å²) in [5, 5.41) is 24.5. The molecule has 0 saturated carbocycles. The van der Waals surface area contributed by atoms with Crippen LogP contribution in [0.1, 0.15) is 20.8 Å². The lowest BCUT2D eigenvalue weighted by Crippen LogP contribution is -2.13. The number of carboxylic acids is 1. The van der Waals surface area contributed by atoms with Crippen molar-refractivity contribution in [3.8, 4) is 0 Å². The molecule has 5 N–H and O–H groups in total. The molecule has 15 heavy (non-hydrogen) atoms. The summed E-state index contributed by atoms with van der Waals surface area (Å²) in [5.74, 6) is -1.68. The van der Waals surface area contributed by atoms with Gasteiger partial charge in [-0.1, -0.05) is 0 Å². The van der Waals surface area contributed by atoms with E-state index in [1.807, 2.05) is 0 Å². The summed E-state index contributed by atoms with van der Waals surface area (Å²) in [6.45, 7) is 4.32. The standard InChI is InChI=1S/C6H11NO2.C3H6O3/c1-4(6(7)9)3-5(2)8;1-2(4)3(5)6/h3,5,8H,1-2H3,(H2,7,9);2,4H,1H3,(H,5,6). The zero-order valence-electron chi connectivity index (χ0n) is 8.97. The molecule has 88 valence electrons. The van der Waals surface area contributed by atoms with E-state index in [9.17, 15) is 9.59 Å². The number of primary amides is 1. The molecule has 0 heterocycles. The van der Waals surface area contributed by atoms with Gasteiger partial charge in [0, 0.05) is 5.57 Å². The Labute approximate surface area is 88.0 Å². The lowest BCUT2D eigenvalue weighted by molar-refractivity contribution is -0.145. The van der Waals surface area contributed by atoms with Crippen LogP contribution in [0.5, 0.6) is 0 Å². The third-order valence-electron chi connectivity index (χ3n) is 1.24. The van der Waals surface area contributed by atoms with Gasteiger partial charge < -0.3 is 21.1 Å². The van der Waals surface area contributed by atoms with Crippen LogP contribution in [0.15, 0.2) is 11.6 Å². The summed E-state index contributed by atoms with van der Waals surface area (Å²) in [6, 6.07) is 0. The van der Waals surface area contributed by atoms with Gasteiger partial charge in [0.15, 0.2) is 0 Å². The van der Waals surface area contributed by atoms with E-state index in [-0.39, 0.29) is 0 Å². The Hall–Kier alpha value is -1.40. The molecule has 0 aromatic carbocycles. The minimum absolute atomic E-state index is 0.394. The summed E-state index contributed by atoms with van der Waals surface area (Å²) in [4.78, 5) is 19.7. The minimum Gasteiger partial charge on any atom is -0.479 e. The maximum atomic E-state index is 10.3. The smallest absolute Gasteiger partial charge is 0.332 e. The van der Waals surface area contributed by atoms with Crippen molar-refractivity contribution in [3.05, 3.63) is 11.6 Å². The summed E-state index contributed by atoms with van der Waals surface area (Å²) in [5.41, 5.74) is 5.26. The zero-order chi connectivity index (χ0) is 12.6. The number of aliphatic hydroxyl groups excluding tert-OH is 2. The van der Waals surface area contributed by atoms with E-state index in [0.717, 1.165) is 0 Å². The number of aliphatic carboxylic acids is 1. The quantitative estimate of drug-likeness (QED) is 0.465. The first-order valence-corrected chi connectivity index (χ1v) is 4.25. The highest BCUT2D eigenvalue weighted by Gasteiger charge is 2.01. The molecule has 0 fully saturated rings. The average Bonchev–Trinajstić information content (AvgIpc) is 2.03. The fourth-order valence-corrected chi connectivity index (χ4v) is 0.444. The molecule has 0 aromatic heterocycles. The topological polar surface area (TPSA) is 121 Å². The van der Waals surface area contributed by atoms with E-state index in [1.54, 1.807) is 13.8 Å². The van der Waals surface area contributed by atoms with Gasteiger partial charge in [-0.05, 0) is 26.8 Å². The molecule has 6 heteroatoms. The van der Waals surface area contributed by atoms with E-state index < -0.39 is 24.1 Å². The highest BCUT2D eigenvalue weighted by Crippen LogP contribution is 1.92. The van der Waals surface area contributed by atoms with Crippen LogP contribution >= 0.6 is 0 Å². The minimum atomic E-state index is -1.23. The van der Waals surface area contributed by atoms with E-state index in [0.29, 0.717) is 5.57 Å². The number of hydrogen-bond donors (Lipinski definition) is 4. The molecule has 0 bridgehead atoms. The molecule has 0 spiro atoms. The number of nitrogens with two attached hydrogens (primary N) is 1. The molecule has 6 nitrogen and oxygen atoms in total. The fourth-order valence-electron chi connectivity index (χ4n) is 0.444. The van der Waals surface area contributed by atoms with Gasteiger partial charge in [0.25, 0.3) is 0 Å². The maximum absolute atomic E-state index is 10.3. The second-order valence-corrected chi connectivity index (χ2v) is 2.97. The van der Waals surface area contributed by atoms with Gasteiger partial charge in [-0.15, -0.1) is 0 Å². The summed E-state index contributed by atoms with van der Waals surface area (Å²) < 4.78 is 0. The van der Waals surface area contributed by atoms with Gasteiger partial charge in [-0.2, -0.15) is 0 Å². The van der Waals surface area contributed by atoms with Gasteiger partial charge in [0.1, 0.15) is 6.10 Å². The van der Waals surface area contributed by atoms with Crippen LogP contribution in [-0.2, 0) is 9.59 Å². The Morgan fingerprint density at radius 2 is 1.60 bits per heavy atom. The monoisotopic (exact) mass is 219 g/mol. The number of carbonyl (C=O) groups excluding carboxylic acids is 1. The van der Waals surface area contributed by atoms with E-state index in [2.05, 4.69) is 0 Å². The number of carboxylic acid groups (broad SMARTS) is 1. The van der Waals surface area contributed by atoms with Gasteiger partial charge in [0.2, 0.25) is 5.91 Å². The molecule has 0 aliphatic heterocycles. The Kier molecular flexibility index (Phi) is 8.51. The summed E-state index contributed by atoms with van der Waals surface area (Å²) >= 11 is 0. The second-order valence-electron chi connectivity index (χ2n) is 2.97. The Morgan fingerprint density at radius 1 is 1.27 bits per heavy atom. The van der Waals surface area contributed by atoms with Crippen LogP contribution in [0, 0.1) is 0 Å². The van der Waals surface area contributed by atoms with Crippen molar-refractivity contribution in [2.24, 2.45) is 5.73 Å². The van der Waals surface area contributed by atoms with Crippen molar-refractivity contribution in [2.45, 2.75) is 33.0 Å². The van der Waals surface area contributed by atoms with Gasteiger partial charge in [0.05, 0.1) is 6.10 Å². The van der Waals surface area contributed by atoms with E-state index >= 15 is 0 Å². The van der Waals surface area contributed by atoms with Crippen molar-refractivity contribution in [2.75, 3.05) is 0 Å². The first kappa shape index (κ1) is 16.0. The fraction of sp³-hybridized carbons (Fsp3) is 0.556. The number of rotatable bonds is 3. The Morgan fingerprint density at radius 3 is 1.67 bits per heavy atom. The average molecular weight is 219 g/mol. The van der Waals surface area contributed by atoms with E-state index in [4.69, 9.17) is 21.1 Å². The molecule has 0 aliphatic rings. The molecule has 0 radical (unpaired) electrons. The Balaban J connectivity index is 0. The second kappa shape index (κ2) is 7.95. The first-order chi connectivity index (χ1) is 6.68. The molecule has 0 saturated heterocycles. The molecule has 0 aliphatic carbocycles. The Bertz CT molecular complexity index is 245. The zero-order valence-corrected chi connectivity index (χ0v) is 8.97. The van der Waals surface area contributed by atoms with Crippen molar-refractivity contribution in [3.63, 3.8) is 0 Å². The van der Waals surface area contributed by atoms with Crippen LogP contribution in [0.2, 0.25) is 0 Å². The first-order valence-electron chi connectivity index (χ1n) is 4.25. The van der Waals surface area contributed by atoms with Gasteiger partial charge in [-0.25, -0.2) is 4.79 Å². The molecule has 2 atom stereocenters. The maximum Gasteiger partial charge on any atom is 0.332 e. The normalized spacial score (nSPS) is 14.6. The highest BCUT2D eigenvalue weighted by molar-refractivity contribution is 5.91. The third-order valence-corrected chi connectivity index (χ3v) is 1.24.